The van der Waals surface area contributed by atoms with Crippen molar-refractivity contribution in [1.29, 1.82) is 0 Å². The Balaban J connectivity index is 2.29. The van der Waals surface area contributed by atoms with E-state index < -0.39 is 0 Å². The van der Waals surface area contributed by atoms with E-state index in [2.05, 4.69) is 11.1 Å². The Morgan fingerprint density at radius 1 is 1.58 bits per heavy atom. The van der Waals surface area contributed by atoms with Crippen molar-refractivity contribution >= 4 is 5.57 Å². The molecule has 1 aliphatic rings. The molecule has 0 atom stereocenters. The third-order valence-electron chi connectivity index (χ3n) is 2.07. The van der Waals surface area contributed by atoms with Gasteiger partial charge in [0.15, 0.2) is 0 Å². The number of aromatic nitrogens is 2. The van der Waals surface area contributed by atoms with E-state index >= 15 is 0 Å². The predicted octanol–water partition coefficient (Wildman–Crippen LogP) is 1.22. The molecule has 1 aromatic heterocycles. The quantitative estimate of drug-likeness (QED) is 0.624. The van der Waals surface area contributed by atoms with Crippen molar-refractivity contribution in [3.05, 3.63) is 24.3 Å². The minimum Gasteiger partial charge on any atom is -0.377 e. The highest BCUT2D eigenvalue weighted by Gasteiger charge is 2.09. The van der Waals surface area contributed by atoms with E-state index in [0.29, 0.717) is 0 Å². The first-order valence-electron chi connectivity index (χ1n) is 4.12. The van der Waals surface area contributed by atoms with Gasteiger partial charge in [0.2, 0.25) is 0 Å². The summed E-state index contributed by atoms with van der Waals surface area (Å²) in [6.07, 6.45) is 6.87. The number of aryl methyl sites for hydroxylation is 1. The minimum atomic E-state index is 0.724. The van der Waals surface area contributed by atoms with Crippen LogP contribution in [0.15, 0.2) is 18.5 Å². The lowest BCUT2D eigenvalue weighted by molar-refractivity contribution is 0.161. The molecule has 0 bridgehead atoms. The molecule has 1 aliphatic heterocycles. The van der Waals surface area contributed by atoms with E-state index in [0.717, 1.165) is 25.5 Å². The van der Waals surface area contributed by atoms with Crippen molar-refractivity contribution in [1.82, 2.24) is 9.55 Å². The summed E-state index contributed by atoms with van der Waals surface area (Å²) in [6, 6.07) is 0. The number of nitrogens with zero attached hydrogens (tertiary/aromatic N) is 2. The molecular weight excluding hydrogens is 152 g/mol. The predicted molar refractivity (Wildman–Crippen MR) is 46.6 cm³/mol. The second kappa shape index (κ2) is 3.11. The van der Waals surface area contributed by atoms with Gasteiger partial charge in [0, 0.05) is 19.4 Å². The van der Waals surface area contributed by atoms with Crippen LogP contribution in [0.3, 0.4) is 0 Å². The van der Waals surface area contributed by atoms with Gasteiger partial charge in [-0.15, -0.1) is 0 Å². The Kier molecular flexibility index (Phi) is 1.96. The molecule has 1 aromatic rings. The van der Waals surface area contributed by atoms with Crippen molar-refractivity contribution in [2.45, 2.75) is 6.42 Å². The summed E-state index contributed by atoms with van der Waals surface area (Å²) in [5.74, 6) is 1.07. The van der Waals surface area contributed by atoms with Crippen molar-refractivity contribution in [3.63, 3.8) is 0 Å². The molecule has 0 fully saturated rings. The highest BCUT2D eigenvalue weighted by Crippen LogP contribution is 2.18. The Bertz CT molecular complexity index is 301. The number of hydrogen-bond acceptors (Lipinski definition) is 2. The minimum absolute atomic E-state index is 0.724. The average molecular weight is 164 g/mol. The van der Waals surface area contributed by atoms with Gasteiger partial charge in [-0.1, -0.05) is 6.08 Å². The molecule has 0 radical (unpaired) electrons. The first-order chi connectivity index (χ1) is 5.88. The van der Waals surface area contributed by atoms with E-state index in [1.54, 1.807) is 0 Å². The summed E-state index contributed by atoms with van der Waals surface area (Å²) < 4.78 is 7.26. The zero-order valence-electron chi connectivity index (χ0n) is 7.16. The molecule has 0 amide bonds. The van der Waals surface area contributed by atoms with Gasteiger partial charge in [-0.3, -0.25) is 0 Å². The molecule has 0 saturated carbocycles. The third kappa shape index (κ3) is 1.28. The van der Waals surface area contributed by atoms with Crippen LogP contribution >= 0.6 is 0 Å². The van der Waals surface area contributed by atoms with Crippen LogP contribution in [0.2, 0.25) is 0 Å². The van der Waals surface area contributed by atoms with Gasteiger partial charge < -0.3 is 9.30 Å². The van der Waals surface area contributed by atoms with Crippen molar-refractivity contribution in [3.8, 4) is 0 Å². The zero-order chi connectivity index (χ0) is 8.39. The lowest BCUT2D eigenvalue weighted by Gasteiger charge is -2.12. The van der Waals surface area contributed by atoms with Crippen molar-refractivity contribution < 1.29 is 4.74 Å². The maximum Gasteiger partial charge on any atom is 0.135 e. The highest BCUT2D eigenvalue weighted by molar-refractivity contribution is 5.60. The SMILES string of the molecule is Cn1ccnc1C1=CCOCC1. The van der Waals surface area contributed by atoms with Crippen molar-refractivity contribution in [2.24, 2.45) is 7.05 Å². The molecule has 0 unspecified atom stereocenters. The molecule has 0 spiro atoms. The first-order valence-corrected chi connectivity index (χ1v) is 4.12. The van der Waals surface area contributed by atoms with E-state index in [1.807, 2.05) is 24.0 Å². The summed E-state index contributed by atoms with van der Waals surface area (Å²) in [4.78, 5) is 4.28. The average Bonchev–Trinajstić information content (AvgIpc) is 2.53. The molecular formula is C9H12N2O. The van der Waals surface area contributed by atoms with Crippen LogP contribution in [0.4, 0.5) is 0 Å². The summed E-state index contributed by atoms with van der Waals surface area (Å²) in [6.45, 7) is 1.54. The van der Waals surface area contributed by atoms with E-state index in [9.17, 15) is 0 Å². The van der Waals surface area contributed by atoms with E-state index in [-0.39, 0.29) is 0 Å². The van der Waals surface area contributed by atoms with Gasteiger partial charge in [-0.25, -0.2) is 4.98 Å². The Hall–Kier alpha value is -1.09. The Labute approximate surface area is 71.7 Å². The first kappa shape index (κ1) is 7.55. The Morgan fingerprint density at radius 3 is 3.08 bits per heavy atom. The lowest BCUT2D eigenvalue weighted by atomic mass is 10.1. The molecule has 0 aliphatic carbocycles. The Morgan fingerprint density at radius 2 is 2.50 bits per heavy atom. The number of imidazole rings is 1. The largest absolute Gasteiger partial charge is 0.377 e. The molecule has 0 aromatic carbocycles. The monoisotopic (exact) mass is 164 g/mol. The molecule has 64 valence electrons. The molecule has 2 rings (SSSR count). The van der Waals surface area contributed by atoms with Crippen LogP contribution in [-0.2, 0) is 11.8 Å². The maximum absolute atomic E-state index is 5.22. The van der Waals surface area contributed by atoms with Gasteiger partial charge >= 0.3 is 0 Å². The van der Waals surface area contributed by atoms with Crippen LogP contribution in [-0.4, -0.2) is 22.8 Å². The highest BCUT2D eigenvalue weighted by atomic mass is 16.5. The summed E-state index contributed by atoms with van der Waals surface area (Å²) in [5.41, 5.74) is 1.30. The molecule has 3 nitrogen and oxygen atoms in total. The second-order valence-corrected chi connectivity index (χ2v) is 2.92. The van der Waals surface area contributed by atoms with Crippen LogP contribution in [0.5, 0.6) is 0 Å². The fourth-order valence-electron chi connectivity index (χ4n) is 1.41. The summed E-state index contributed by atoms with van der Waals surface area (Å²) in [7, 11) is 2.01. The van der Waals surface area contributed by atoms with Gasteiger partial charge in [-0.05, 0) is 12.0 Å². The number of hydrogen-bond donors (Lipinski definition) is 0. The summed E-state index contributed by atoms with van der Waals surface area (Å²) >= 11 is 0. The number of rotatable bonds is 1. The van der Waals surface area contributed by atoms with Crippen molar-refractivity contribution in [2.75, 3.05) is 13.2 Å². The van der Waals surface area contributed by atoms with Crippen LogP contribution in [0, 0.1) is 0 Å². The van der Waals surface area contributed by atoms with E-state index in [4.69, 9.17) is 4.74 Å². The fourth-order valence-corrected chi connectivity index (χ4v) is 1.41. The molecule has 0 N–H and O–H groups in total. The molecule has 0 saturated heterocycles. The van der Waals surface area contributed by atoms with Gasteiger partial charge in [0.05, 0.1) is 13.2 Å². The second-order valence-electron chi connectivity index (χ2n) is 2.92. The fraction of sp³-hybridized carbons (Fsp3) is 0.444. The third-order valence-corrected chi connectivity index (χ3v) is 2.07. The van der Waals surface area contributed by atoms with Crippen LogP contribution in [0.25, 0.3) is 5.57 Å². The van der Waals surface area contributed by atoms with Gasteiger partial charge in [-0.2, -0.15) is 0 Å². The standard InChI is InChI=1S/C9H12N2O/c1-11-5-4-10-9(11)8-2-6-12-7-3-8/h2,4-5H,3,6-7H2,1H3. The molecule has 3 heteroatoms. The summed E-state index contributed by atoms with van der Waals surface area (Å²) in [5, 5.41) is 0. The van der Waals surface area contributed by atoms with Crippen LogP contribution < -0.4 is 0 Å². The zero-order valence-corrected chi connectivity index (χ0v) is 7.16. The molecule has 2 heterocycles. The molecule has 12 heavy (non-hydrogen) atoms. The normalized spacial score (nSPS) is 17.6. The van der Waals surface area contributed by atoms with Crippen LogP contribution in [0.1, 0.15) is 12.2 Å². The lowest BCUT2D eigenvalue weighted by Crippen LogP contribution is -2.06. The van der Waals surface area contributed by atoms with Gasteiger partial charge in [0.25, 0.3) is 0 Å². The smallest absolute Gasteiger partial charge is 0.135 e. The number of ether oxygens (including phenoxy) is 1. The van der Waals surface area contributed by atoms with Gasteiger partial charge in [0.1, 0.15) is 5.82 Å². The maximum atomic E-state index is 5.22. The van der Waals surface area contributed by atoms with E-state index in [1.165, 1.54) is 5.57 Å². The topological polar surface area (TPSA) is 27.1 Å².